The lowest BCUT2D eigenvalue weighted by atomic mass is 10.2. The van der Waals surface area contributed by atoms with Crippen LogP contribution >= 0.6 is 46.4 Å². The highest BCUT2D eigenvalue weighted by Crippen LogP contribution is 2.20. The number of hydrazone groups is 2. The van der Waals surface area contributed by atoms with Crippen LogP contribution in [0.1, 0.15) is 36.8 Å². The standard InChI is InChI=1S/C20H18Cl4N4O2/c21-15-7-5-13(17(23)9-15)11-25-27-19(29)3-1-2-4-20(30)28-26-12-14-6-8-16(22)10-18(14)24/h5-12H,1-4H2,(H,27,29)(H,28,30)/b25-11-,26-12+. The molecule has 30 heavy (non-hydrogen) atoms. The van der Waals surface area contributed by atoms with Gasteiger partial charge in [-0.15, -0.1) is 0 Å². The lowest BCUT2D eigenvalue weighted by Gasteiger charge is -2.02. The van der Waals surface area contributed by atoms with E-state index in [1.807, 2.05) is 0 Å². The predicted octanol–water partition coefficient (Wildman–Crippen LogP) is 5.46. The van der Waals surface area contributed by atoms with Gasteiger partial charge in [0.25, 0.3) is 0 Å². The molecule has 0 spiro atoms. The van der Waals surface area contributed by atoms with E-state index in [0.717, 1.165) is 0 Å². The molecule has 2 aromatic carbocycles. The maximum absolute atomic E-state index is 11.8. The van der Waals surface area contributed by atoms with Gasteiger partial charge in [0.1, 0.15) is 0 Å². The van der Waals surface area contributed by atoms with E-state index in [-0.39, 0.29) is 24.7 Å². The average molecular weight is 488 g/mol. The summed E-state index contributed by atoms with van der Waals surface area (Å²) >= 11 is 23.7. The van der Waals surface area contributed by atoms with Crippen molar-refractivity contribution in [2.24, 2.45) is 10.2 Å². The fourth-order valence-corrected chi connectivity index (χ4v) is 3.16. The van der Waals surface area contributed by atoms with Crippen LogP contribution in [-0.4, -0.2) is 24.2 Å². The zero-order chi connectivity index (χ0) is 21.9. The Morgan fingerprint density at radius 2 is 1.13 bits per heavy atom. The minimum Gasteiger partial charge on any atom is -0.273 e. The van der Waals surface area contributed by atoms with Gasteiger partial charge < -0.3 is 0 Å². The lowest BCUT2D eigenvalue weighted by Crippen LogP contribution is -2.19. The minimum atomic E-state index is -0.257. The SMILES string of the molecule is O=C(CCCCC(=O)N/N=C/c1ccc(Cl)cc1Cl)N/N=C\c1ccc(Cl)cc1Cl. The highest BCUT2D eigenvalue weighted by Gasteiger charge is 2.04. The normalized spacial score (nSPS) is 11.2. The number of halogens is 4. The third kappa shape index (κ3) is 8.71. The van der Waals surface area contributed by atoms with Gasteiger partial charge in [-0.25, -0.2) is 10.9 Å². The number of unbranched alkanes of at least 4 members (excludes halogenated alkanes) is 1. The molecule has 2 amide bonds. The van der Waals surface area contributed by atoms with E-state index in [1.54, 1.807) is 36.4 Å². The Kier molecular flexibility index (Phi) is 10.1. The second-order valence-electron chi connectivity index (χ2n) is 6.13. The Morgan fingerprint density at radius 1 is 0.733 bits per heavy atom. The summed E-state index contributed by atoms with van der Waals surface area (Å²) in [5, 5.41) is 9.63. The van der Waals surface area contributed by atoms with Gasteiger partial charge in [0.05, 0.1) is 22.5 Å². The van der Waals surface area contributed by atoms with Gasteiger partial charge in [0, 0.05) is 34.0 Å². The summed E-state index contributed by atoms with van der Waals surface area (Å²) in [7, 11) is 0. The van der Waals surface area contributed by atoms with E-state index in [1.165, 1.54) is 12.4 Å². The fourth-order valence-electron chi connectivity index (χ4n) is 2.24. The van der Waals surface area contributed by atoms with Crippen LogP contribution in [0.5, 0.6) is 0 Å². The Labute approximate surface area is 194 Å². The number of amides is 2. The number of rotatable bonds is 9. The molecule has 0 heterocycles. The molecule has 10 heteroatoms. The molecule has 0 aliphatic rings. The molecule has 2 N–H and O–H groups in total. The van der Waals surface area contributed by atoms with Gasteiger partial charge in [0.15, 0.2) is 0 Å². The monoisotopic (exact) mass is 486 g/mol. The van der Waals surface area contributed by atoms with Crippen LogP contribution in [0.4, 0.5) is 0 Å². The molecule has 0 radical (unpaired) electrons. The number of nitrogens with one attached hydrogen (secondary N) is 2. The van der Waals surface area contributed by atoms with E-state index in [9.17, 15) is 9.59 Å². The first-order valence-electron chi connectivity index (χ1n) is 8.89. The Hall–Kier alpha value is -2.12. The molecule has 0 fully saturated rings. The summed E-state index contributed by atoms with van der Waals surface area (Å²) in [5.41, 5.74) is 6.11. The Morgan fingerprint density at radius 3 is 1.50 bits per heavy atom. The van der Waals surface area contributed by atoms with Gasteiger partial charge in [-0.3, -0.25) is 9.59 Å². The molecule has 0 unspecified atom stereocenters. The zero-order valence-corrected chi connectivity index (χ0v) is 18.7. The average Bonchev–Trinajstić information content (AvgIpc) is 2.68. The molecule has 0 bridgehead atoms. The van der Waals surface area contributed by atoms with E-state index in [4.69, 9.17) is 46.4 Å². The Bertz CT molecular complexity index is 886. The highest BCUT2D eigenvalue weighted by atomic mass is 35.5. The van der Waals surface area contributed by atoms with Gasteiger partial charge >= 0.3 is 0 Å². The van der Waals surface area contributed by atoms with Crippen molar-refractivity contribution in [2.45, 2.75) is 25.7 Å². The van der Waals surface area contributed by atoms with Crippen LogP contribution in [0.2, 0.25) is 20.1 Å². The molecular formula is C20H18Cl4N4O2. The van der Waals surface area contributed by atoms with Crippen molar-refractivity contribution in [3.05, 3.63) is 67.6 Å². The smallest absolute Gasteiger partial charge is 0.240 e. The molecule has 0 saturated carbocycles. The summed E-state index contributed by atoms with van der Waals surface area (Å²) in [4.78, 5) is 23.6. The quantitative estimate of drug-likeness (QED) is 0.279. The van der Waals surface area contributed by atoms with Crippen LogP contribution in [0.3, 0.4) is 0 Å². The molecule has 0 atom stereocenters. The van der Waals surface area contributed by atoms with Crippen LogP contribution < -0.4 is 10.9 Å². The summed E-state index contributed by atoms with van der Waals surface area (Å²) in [6.07, 6.45) is 4.42. The molecule has 0 aromatic heterocycles. The van der Waals surface area contributed by atoms with E-state index < -0.39 is 0 Å². The van der Waals surface area contributed by atoms with E-state index in [0.29, 0.717) is 44.1 Å². The first-order valence-corrected chi connectivity index (χ1v) is 10.4. The molecule has 0 aliphatic heterocycles. The van der Waals surface area contributed by atoms with Crippen molar-refractivity contribution in [1.29, 1.82) is 0 Å². The number of carbonyl (C=O) groups is 2. The number of carbonyl (C=O) groups excluding carboxylic acids is 2. The number of hydrogen-bond acceptors (Lipinski definition) is 4. The number of hydrogen-bond donors (Lipinski definition) is 2. The number of nitrogens with zero attached hydrogens (tertiary/aromatic N) is 2. The fraction of sp³-hybridized carbons (Fsp3) is 0.200. The van der Waals surface area contributed by atoms with Gasteiger partial charge in [-0.2, -0.15) is 10.2 Å². The zero-order valence-electron chi connectivity index (χ0n) is 15.7. The summed E-state index contributed by atoms with van der Waals surface area (Å²) in [6, 6.07) is 9.92. The van der Waals surface area contributed by atoms with Crippen LogP contribution in [0.15, 0.2) is 46.6 Å². The number of benzene rings is 2. The maximum Gasteiger partial charge on any atom is 0.240 e. The molecule has 2 aromatic rings. The van der Waals surface area contributed by atoms with Gasteiger partial charge in [0.2, 0.25) is 11.8 Å². The maximum atomic E-state index is 11.8. The molecule has 158 valence electrons. The topological polar surface area (TPSA) is 82.9 Å². The summed E-state index contributed by atoms with van der Waals surface area (Å²) in [5.74, 6) is -0.515. The van der Waals surface area contributed by atoms with E-state index in [2.05, 4.69) is 21.1 Å². The van der Waals surface area contributed by atoms with Crippen LogP contribution in [-0.2, 0) is 9.59 Å². The largest absolute Gasteiger partial charge is 0.273 e. The minimum absolute atomic E-state index is 0.239. The van der Waals surface area contributed by atoms with E-state index >= 15 is 0 Å². The third-order valence-corrected chi connectivity index (χ3v) is 4.89. The van der Waals surface area contributed by atoms with Crippen molar-refractivity contribution in [3.63, 3.8) is 0 Å². The first-order chi connectivity index (χ1) is 14.3. The molecule has 2 rings (SSSR count). The van der Waals surface area contributed by atoms with Gasteiger partial charge in [-0.1, -0.05) is 58.5 Å². The van der Waals surface area contributed by atoms with Crippen molar-refractivity contribution >= 4 is 70.6 Å². The van der Waals surface area contributed by atoms with Crippen molar-refractivity contribution in [1.82, 2.24) is 10.9 Å². The Balaban J connectivity index is 1.63. The predicted molar refractivity (Wildman–Crippen MR) is 123 cm³/mol. The van der Waals surface area contributed by atoms with Crippen LogP contribution in [0.25, 0.3) is 0 Å². The summed E-state index contributed by atoms with van der Waals surface area (Å²) in [6.45, 7) is 0. The summed E-state index contributed by atoms with van der Waals surface area (Å²) < 4.78 is 0. The molecule has 0 aliphatic carbocycles. The lowest BCUT2D eigenvalue weighted by molar-refractivity contribution is -0.123. The molecule has 6 nitrogen and oxygen atoms in total. The third-order valence-electron chi connectivity index (χ3n) is 3.77. The van der Waals surface area contributed by atoms with Gasteiger partial charge in [-0.05, 0) is 37.1 Å². The van der Waals surface area contributed by atoms with Crippen molar-refractivity contribution < 1.29 is 9.59 Å². The second kappa shape index (κ2) is 12.5. The highest BCUT2D eigenvalue weighted by molar-refractivity contribution is 6.36. The van der Waals surface area contributed by atoms with Crippen molar-refractivity contribution in [3.8, 4) is 0 Å². The second-order valence-corrected chi connectivity index (χ2v) is 7.81. The molecular weight excluding hydrogens is 470 g/mol. The molecule has 0 saturated heterocycles. The first kappa shape index (κ1) is 24.2. The van der Waals surface area contributed by atoms with Crippen LogP contribution in [0, 0.1) is 0 Å². The van der Waals surface area contributed by atoms with Crippen molar-refractivity contribution in [2.75, 3.05) is 0 Å².